The number of halogens is 3. The van der Waals surface area contributed by atoms with Crippen molar-refractivity contribution in [3.05, 3.63) is 59.4 Å². The van der Waals surface area contributed by atoms with Gasteiger partial charge in [-0.25, -0.2) is 4.99 Å². The van der Waals surface area contributed by atoms with E-state index in [1.165, 1.54) is 12.3 Å². The summed E-state index contributed by atoms with van der Waals surface area (Å²) in [5.41, 5.74) is 3.85. The Morgan fingerprint density at radius 3 is 2.75 bits per heavy atom. The SMILES string of the molecule is FC(F)(F)c1ccc(-c2ccc3c(c2)CCN2CN=C(OCC4COCCO4)C=C32)cn1. The molecule has 0 amide bonds. The number of pyridine rings is 1. The van der Waals surface area contributed by atoms with Gasteiger partial charge in [0, 0.05) is 29.9 Å². The zero-order chi connectivity index (χ0) is 22.1. The van der Waals surface area contributed by atoms with E-state index in [2.05, 4.69) is 14.9 Å². The lowest BCUT2D eigenvalue weighted by atomic mass is 9.92. The van der Waals surface area contributed by atoms with Crippen LogP contribution in [0.2, 0.25) is 0 Å². The van der Waals surface area contributed by atoms with Crippen molar-refractivity contribution in [3.63, 3.8) is 0 Å². The lowest BCUT2D eigenvalue weighted by Crippen LogP contribution is -2.35. The van der Waals surface area contributed by atoms with Gasteiger partial charge in [0.15, 0.2) is 0 Å². The summed E-state index contributed by atoms with van der Waals surface area (Å²) < 4.78 is 55.2. The Hall–Kier alpha value is -2.91. The summed E-state index contributed by atoms with van der Waals surface area (Å²) in [7, 11) is 0. The molecule has 1 fully saturated rings. The van der Waals surface area contributed by atoms with Crippen molar-refractivity contribution < 1.29 is 27.4 Å². The third-order valence-corrected chi connectivity index (χ3v) is 5.72. The summed E-state index contributed by atoms with van der Waals surface area (Å²) in [5.74, 6) is 0.564. The van der Waals surface area contributed by atoms with E-state index in [4.69, 9.17) is 14.2 Å². The van der Waals surface area contributed by atoms with E-state index < -0.39 is 11.9 Å². The van der Waals surface area contributed by atoms with Gasteiger partial charge in [-0.15, -0.1) is 0 Å². The number of hydrogen-bond donors (Lipinski definition) is 0. The predicted molar refractivity (Wildman–Crippen MR) is 112 cm³/mol. The molecule has 0 aliphatic carbocycles. The normalized spacial score (nSPS) is 20.7. The summed E-state index contributed by atoms with van der Waals surface area (Å²) in [6.07, 6.45) is -0.503. The molecule has 4 heterocycles. The molecule has 168 valence electrons. The number of aliphatic imine (C=N–C) groups is 1. The maximum absolute atomic E-state index is 12.8. The van der Waals surface area contributed by atoms with Crippen LogP contribution in [0.15, 0.2) is 47.6 Å². The zero-order valence-corrected chi connectivity index (χ0v) is 17.3. The van der Waals surface area contributed by atoms with Gasteiger partial charge in [0.2, 0.25) is 5.90 Å². The van der Waals surface area contributed by atoms with Crippen molar-refractivity contribution in [2.45, 2.75) is 18.7 Å². The second-order valence-corrected chi connectivity index (χ2v) is 7.86. The van der Waals surface area contributed by atoms with Gasteiger partial charge in [0.1, 0.15) is 25.1 Å². The van der Waals surface area contributed by atoms with E-state index in [1.54, 1.807) is 0 Å². The van der Waals surface area contributed by atoms with Crippen LogP contribution in [0.4, 0.5) is 13.2 Å². The first-order valence-electron chi connectivity index (χ1n) is 10.5. The third-order valence-electron chi connectivity index (χ3n) is 5.72. The summed E-state index contributed by atoms with van der Waals surface area (Å²) in [6.45, 7) is 3.41. The van der Waals surface area contributed by atoms with Crippen LogP contribution in [0.1, 0.15) is 16.8 Å². The summed E-state index contributed by atoms with van der Waals surface area (Å²) >= 11 is 0. The van der Waals surface area contributed by atoms with E-state index >= 15 is 0 Å². The Morgan fingerprint density at radius 1 is 1.12 bits per heavy atom. The molecule has 1 aromatic heterocycles. The monoisotopic (exact) mass is 445 g/mol. The molecule has 1 unspecified atom stereocenters. The summed E-state index contributed by atoms with van der Waals surface area (Å²) in [6, 6.07) is 8.41. The molecule has 0 bridgehead atoms. The average molecular weight is 445 g/mol. The first-order valence-corrected chi connectivity index (χ1v) is 10.5. The molecule has 5 rings (SSSR count). The highest BCUT2D eigenvalue weighted by atomic mass is 19.4. The van der Waals surface area contributed by atoms with Gasteiger partial charge in [-0.2, -0.15) is 13.2 Å². The second kappa shape index (κ2) is 8.55. The van der Waals surface area contributed by atoms with Crippen molar-refractivity contribution >= 4 is 11.6 Å². The molecule has 3 aliphatic rings. The van der Waals surface area contributed by atoms with Crippen LogP contribution >= 0.6 is 0 Å². The molecule has 9 heteroatoms. The van der Waals surface area contributed by atoms with E-state index in [9.17, 15) is 13.2 Å². The lowest BCUT2D eigenvalue weighted by molar-refractivity contribution is -0.141. The Balaban J connectivity index is 1.34. The highest BCUT2D eigenvalue weighted by Gasteiger charge is 2.32. The fourth-order valence-electron chi connectivity index (χ4n) is 4.04. The van der Waals surface area contributed by atoms with Crippen LogP contribution in [-0.4, -0.2) is 61.5 Å². The number of nitrogens with zero attached hydrogens (tertiary/aromatic N) is 3. The van der Waals surface area contributed by atoms with Gasteiger partial charge in [0.05, 0.1) is 25.5 Å². The first-order chi connectivity index (χ1) is 15.5. The quantitative estimate of drug-likeness (QED) is 0.720. The Labute approximate surface area is 183 Å². The number of rotatable bonds is 3. The molecule has 0 spiro atoms. The maximum atomic E-state index is 12.8. The fraction of sp³-hybridized carbons (Fsp3) is 0.391. The van der Waals surface area contributed by atoms with Gasteiger partial charge < -0.3 is 19.1 Å². The predicted octanol–water partition coefficient (Wildman–Crippen LogP) is 3.77. The minimum atomic E-state index is -4.44. The molecule has 2 aromatic rings. The van der Waals surface area contributed by atoms with Gasteiger partial charge in [0.25, 0.3) is 0 Å². The summed E-state index contributed by atoms with van der Waals surface area (Å²) in [4.78, 5) is 10.3. The number of fused-ring (bicyclic) bond motifs is 3. The maximum Gasteiger partial charge on any atom is 0.433 e. The number of benzene rings is 1. The number of ether oxygens (including phenoxy) is 3. The molecule has 0 saturated carbocycles. The molecule has 6 nitrogen and oxygen atoms in total. The Kier molecular flexibility index (Phi) is 5.60. The molecule has 32 heavy (non-hydrogen) atoms. The van der Waals surface area contributed by atoms with Gasteiger partial charge in [-0.1, -0.05) is 24.3 Å². The van der Waals surface area contributed by atoms with Crippen LogP contribution in [0, 0.1) is 0 Å². The molecule has 3 aliphatic heterocycles. The van der Waals surface area contributed by atoms with Crippen LogP contribution < -0.4 is 0 Å². The van der Waals surface area contributed by atoms with Gasteiger partial charge in [-0.05, 0) is 23.6 Å². The van der Waals surface area contributed by atoms with Crippen LogP contribution in [0.25, 0.3) is 16.8 Å². The average Bonchev–Trinajstić information content (AvgIpc) is 2.82. The van der Waals surface area contributed by atoms with E-state index in [-0.39, 0.29) is 6.10 Å². The topological polar surface area (TPSA) is 56.2 Å². The fourth-order valence-corrected chi connectivity index (χ4v) is 4.04. The Morgan fingerprint density at radius 2 is 2.00 bits per heavy atom. The van der Waals surface area contributed by atoms with Crippen LogP contribution in [-0.2, 0) is 26.8 Å². The van der Waals surface area contributed by atoms with Crippen molar-refractivity contribution in [1.29, 1.82) is 0 Å². The molecule has 0 radical (unpaired) electrons. The molecule has 1 saturated heterocycles. The van der Waals surface area contributed by atoms with Crippen molar-refractivity contribution in [2.24, 2.45) is 4.99 Å². The molecule has 0 N–H and O–H groups in total. The van der Waals surface area contributed by atoms with Gasteiger partial charge >= 0.3 is 6.18 Å². The lowest BCUT2D eigenvalue weighted by Gasteiger charge is -2.34. The van der Waals surface area contributed by atoms with E-state index in [0.29, 0.717) is 44.6 Å². The molecular weight excluding hydrogens is 423 g/mol. The first kappa shape index (κ1) is 21.0. The van der Waals surface area contributed by atoms with Crippen molar-refractivity contribution in [3.8, 4) is 11.1 Å². The van der Waals surface area contributed by atoms with Crippen LogP contribution in [0.5, 0.6) is 0 Å². The van der Waals surface area contributed by atoms with Crippen molar-refractivity contribution in [2.75, 3.05) is 39.6 Å². The van der Waals surface area contributed by atoms with Crippen molar-refractivity contribution in [1.82, 2.24) is 9.88 Å². The second-order valence-electron chi connectivity index (χ2n) is 7.86. The number of hydrogen-bond acceptors (Lipinski definition) is 6. The highest BCUT2D eigenvalue weighted by molar-refractivity contribution is 5.97. The zero-order valence-electron chi connectivity index (χ0n) is 17.3. The molecule has 1 aromatic carbocycles. The highest BCUT2D eigenvalue weighted by Crippen LogP contribution is 2.34. The molecule has 1 atom stereocenters. The largest absolute Gasteiger partial charge is 0.475 e. The standard InChI is InChI=1S/C23H22F3N3O3/c24-23(25,26)21-4-2-17(11-27-21)15-1-3-19-16(9-15)5-6-29-14-28-22(10-20(19)29)32-13-18-12-30-7-8-31-18/h1-4,9-11,18H,5-8,12-14H2. The minimum absolute atomic E-state index is 0.0959. The number of aromatic nitrogens is 1. The summed E-state index contributed by atoms with van der Waals surface area (Å²) in [5, 5.41) is 0. The van der Waals surface area contributed by atoms with E-state index in [1.807, 2.05) is 24.3 Å². The smallest absolute Gasteiger partial charge is 0.433 e. The van der Waals surface area contributed by atoms with E-state index in [0.717, 1.165) is 41.4 Å². The van der Waals surface area contributed by atoms with Gasteiger partial charge in [-0.3, -0.25) is 4.98 Å². The number of alkyl halides is 3. The minimum Gasteiger partial charge on any atom is -0.475 e. The Bertz CT molecular complexity index is 1040. The molecular formula is C23H22F3N3O3. The van der Waals surface area contributed by atoms with Crippen LogP contribution in [0.3, 0.4) is 0 Å². The third kappa shape index (κ3) is 4.35.